The van der Waals surface area contributed by atoms with Crippen LogP contribution in [0.2, 0.25) is 0 Å². The van der Waals surface area contributed by atoms with Gasteiger partial charge in [0.05, 0.1) is 16.2 Å². The number of aryl methyl sites for hydroxylation is 1. The summed E-state index contributed by atoms with van der Waals surface area (Å²) in [5.74, 6) is -0.787. The van der Waals surface area contributed by atoms with Crippen LogP contribution in [-0.4, -0.2) is 36.2 Å². The molecule has 0 atom stereocenters. The minimum atomic E-state index is -1.21. The van der Waals surface area contributed by atoms with Crippen molar-refractivity contribution in [1.29, 1.82) is 0 Å². The number of carbonyl (C=O) groups is 1. The van der Waals surface area contributed by atoms with Crippen LogP contribution in [0, 0.1) is 10.1 Å². The number of tetrazole rings is 1. The highest BCUT2D eigenvalue weighted by molar-refractivity contribution is 5.92. The molecule has 1 N–H and O–H groups in total. The molecule has 0 fully saturated rings. The van der Waals surface area contributed by atoms with E-state index in [-0.39, 0.29) is 16.9 Å². The van der Waals surface area contributed by atoms with Crippen LogP contribution < -0.4 is 0 Å². The Hall–Kier alpha value is -2.84. The zero-order chi connectivity index (χ0) is 14.0. The Morgan fingerprint density at radius 2 is 2.26 bits per heavy atom. The highest BCUT2D eigenvalue weighted by Gasteiger charge is 2.19. The van der Waals surface area contributed by atoms with Crippen LogP contribution in [0.25, 0.3) is 5.69 Å². The van der Waals surface area contributed by atoms with E-state index in [4.69, 9.17) is 5.11 Å². The second-order valence-corrected chi connectivity index (χ2v) is 3.62. The minimum absolute atomic E-state index is 0.0727. The van der Waals surface area contributed by atoms with Gasteiger partial charge in [0, 0.05) is 18.6 Å². The van der Waals surface area contributed by atoms with E-state index in [1.54, 1.807) is 6.92 Å². The first-order chi connectivity index (χ1) is 9.04. The Morgan fingerprint density at radius 3 is 2.84 bits per heavy atom. The molecule has 0 saturated heterocycles. The van der Waals surface area contributed by atoms with Gasteiger partial charge in [-0.25, -0.2) is 4.79 Å². The zero-order valence-electron chi connectivity index (χ0n) is 9.85. The lowest BCUT2D eigenvalue weighted by Crippen LogP contribution is -2.10. The largest absolute Gasteiger partial charge is 0.478 e. The fraction of sp³-hybridized carbons (Fsp3) is 0.200. The molecule has 1 aromatic carbocycles. The van der Waals surface area contributed by atoms with Crippen molar-refractivity contribution in [3.8, 4) is 5.69 Å². The number of hydrogen-bond acceptors (Lipinski definition) is 6. The molecule has 0 radical (unpaired) electrons. The summed E-state index contributed by atoms with van der Waals surface area (Å²) in [6.45, 7) is 1.79. The summed E-state index contributed by atoms with van der Waals surface area (Å²) in [5.41, 5.74) is -0.256. The van der Waals surface area contributed by atoms with E-state index in [1.807, 2.05) is 0 Å². The molecule has 2 aromatic rings. The molecule has 98 valence electrons. The number of carboxylic acids is 1. The van der Waals surface area contributed by atoms with Crippen molar-refractivity contribution in [2.75, 3.05) is 0 Å². The highest BCUT2D eigenvalue weighted by Crippen LogP contribution is 2.21. The normalized spacial score (nSPS) is 10.4. The quantitative estimate of drug-likeness (QED) is 0.639. The monoisotopic (exact) mass is 263 g/mol. The van der Waals surface area contributed by atoms with Gasteiger partial charge in [0.25, 0.3) is 5.69 Å². The van der Waals surface area contributed by atoms with Crippen LogP contribution in [0.3, 0.4) is 0 Å². The predicted molar refractivity (Wildman–Crippen MR) is 62.1 cm³/mol. The molecule has 0 bridgehead atoms. The smallest absolute Gasteiger partial charge is 0.337 e. The summed E-state index contributed by atoms with van der Waals surface area (Å²) in [7, 11) is 0. The number of non-ortho nitro benzene ring substituents is 1. The zero-order valence-corrected chi connectivity index (χ0v) is 9.85. The van der Waals surface area contributed by atoms with Gasteiger partial charge >= 0.3 is 5.97 Å². The summed E-state index contributed by atoms with van der Waals surface area (Å²) < 4.78 is 1.19. The molecule has 0 aliphatic carbocycles. The SMILES string of the molecule is CCc1nnnn1-c1cc([N+](=O)[O-])ccc1C(=O)O. The van der Waals surface area contributed by atoms with Crippen molar-refractivity contribution in [2.45, 2.75) is 13.3 Å². The molecule has 9 nitrogen and oxygen atoms in total. The van der Waals surface area contributed by atoms with Crippen LogP contribution in [0.15, 0.2) is 18.2 Å². The van der Waals surface area contributed by atoms with E-state index in [2.05, 4.69) is 15.5 Å². The average molecular weight is 263 g/mol. The lowest BCUT2D eigenvalue weighted by Gasteiger charge is -2.06. The summed E-state index contributed by atoms with van der Waals surface area (Å²) in [5, 5.41) is 30.7. The van der Waals surface area contributed by atoms with E-state index >= 15 is 0 Å². The molecule has 19 heavy (non-hydrogen) atoms. The number of aromatic nitrogens is 4. The number of nitrogens with zero attached hydrogens (tertiary/aromatic N) is 5. The topological polar surface area (TPSA) is 124 Å². The molecule has 0 aliphatic heterocycles. The molecule has 1 aromatic heterocycles. The maximum atomic E-state index is 11.1. The van der Waals surface area contributed by atoms with E-state index in [9.17, 15) is 14.9 Å². The lowest BCUT2D eigenvalue weighted by molar-refractivity contribution is -0.384. The van der Waals surface area contributed by atoms with Gasteiger partial charge in [0.1, 0.15) is 0 Å². The molecule has 0 amide bonds. The Morgan fingerprint density at radius 1 is 1.53 bits per heavy atom. The minimum Gasteiger partial charge on any atom is -0.478 e. The lowest BCUT2D eigenvalue weighted by atomic mass is 10.1. The molecular formula is C10H9N5O4. The van der Waals surface area contributed by atoms with E-state index in [0.29, 0.717) is 12.2 Å². The van der Waals surface area contributed by atoms with Crippen LogP contribution in [0.5, 0.6) is 0 Å². The Kier molecular flexibility index (Phi) is 3.19. The Labute approximate surface area is 106 Å². The van der Waals surface area contributed by atoms with Crippen molar-refractivity contribution in [1.82, 2.24) is 20.2 Å². The molecule has 1 heterocycles. The molecule has 0 aliphatic rings. The van der Waals surface area contributed by atoms with Crippen LogP contribution in [-0.2, 0) is 6.42 Å². The number of rotatable bonds is 4. The third kappa shape index (κ3) is 2.25. The van der Waals surface area contributed by atoms with Crippen molar-refractivity contribution in [3.05, 3.63) is 39.7 Å². The number of nitro benzene ring substituents is 1. The average Bonchev–Trinajstić information content (AvgIpc) is 2.85. The number of carboxylic acid groups (broad SMARTS) is 1. The number of benzene rings is 1. The molecular weight excluding hydrogens is 254 g/mol. The van der Waals surface area contributed by atoms with Gasteiger partial charge in [0.2, 0.25) is 0 Å². The Bertz CT molecular complexity index is 651. The van der Waals surface area contributed by atoms with Gasteiger partial charge < -0.3 is 5.11 Å². The number of hydrogen-bond donors (Lipinski definition) is 1. The fourth-order valence-corrected chi connectivity index (χ4v) is 1.60. The summed E-state index contributed by atoms with van der Waals surface area (Å²) in [4.78, 5) is 21.3. The standard InChI is InChI=1S/C10H9N5O4/c1-2-9-11-12-13-14(9)8-5-6(15(18)19)3-4-7(8)10(16)17/h3-5H,2H2,1H3,(H,16,17). The van der Waals surface area contributed by atoms with Crippen LogP contribution in [0.4, 0.5) is 5.69 Å². The van der Waals surface area contributed by atoms with E-state index in [1.165, 1.54) is 4.68 Å². The third-order valence-electron chi connectivity index (χ3n) is 2.50. The molecule has 0 spiro atoms. The maximum Gasteiger partial charge on any atom is 0.337 e. The molecule has 0 unspecified atom stereocenters. The van der Waals surface area contributed by atoms with Crippen molar-refractivity contribution in [3.63, 3.8) is 0 Å². The first-order valence-electron chi connectivity index (χ1n) is 5.34. The highest BCUT2D eigenvalue weighted by atomic mass is 16.6. The van der Waals surface area contributed by atoms with E-state index < -0.39 is 10.9 Å². The van der Waals surface area contributed by atoms with Gasteiger partial charge in [-0.05, 0) is 16.5 Å². The third-order valence-corrected chi connectivity index (χ3v) is 2.50. The van der Waals surface area contributed by atoms with Crippen LogP contribution in [0.1, 0.15) is 23.1 Å². The predicted octanol–water partition coefficient (Wildman–Crippen LogP) is 0.831. The summed E-state index contributed by atoms with van der Waals surface area (Å²) >= 11 is 0. The summed E-state index contributed by atoms with van der Waals surface area (Å²) in [6, 6.07) is 3.43. The van der Waals surface area contributed by atoms with E-state index in [0.717, 1.165) is 18.2 Å². The van der Waals surface area contributed by atoms with Gasteiger partial charge in [-0.2, -0.15) is 4.68 Å². The Balaban J connectivity index is 2.68. The van der Waals surface area contributed by atoms with Gasteiger partial charge in [0.15, 0.2) is 5.82 Å². The molecule has 9 heteroatoms. The van der Waals surface area contributed by atoms with Crippen molar-refractivity contribution < 1.29 is 14.8 Å². The second-order valence-electron chi connectivity index (χ2n) is 3.62. The first-order valence-corrected chi connectivity index (χ1v) is 5.34. The first kappa shape index (κ1) is 12.6. The van der Waals surface area contributed by atoms with Crippen molar-refractivity contribution in [2.24, 2.45) is 0 Å². The van der Waals surface area contributed by atoms with Crippen LogP contribution >= 0.6 is 0 Å². The van der Waals surface area contributed by atoms with Gasteiger partial charge in [-0.3, -0.25) is 10.1 Å². The maximum absolute atomic E-state index is 11.1. The number of aromatic carboxylic acids is 1. The molecule has 2 rings (SSSR count). The summed E-state index contributed by atoms with van der Waals surface area (Å²) in [6.07, 6.45) is 0.467. The molecule has 0 saturated carbocycles. The van der Waals surface area contributed by atoms with Gasteiger partial charge in [-0.1, -0.05) is 6.92 Å². The second kappa shape index (κ2) is 4.80. The number of nitro groups is 1. The fourth-order valence-electron chi connectivity index (χ4n) is 1.60. The van der Waals surface area contributed by atoms with Gasteiger partial charge in [-0.15, -0.1) is 5.10 Å². The van der Waals surface area contributed by atoms with Crippen molar-refractivity contribution >= 4 is 11.7 Å².